The summed E-state index contributed by atoms with van der Waals surface area (Å²) in [6.07, 6.45) is 1.12. The number of hydrogen-bond donors (Lipinski definition) is 2. The number of benzene rings is 1. The van der Waals surface area contributed by atoms with E-state index < -0.39 is 11.4 Å². The van der Waals surface area contributed by atoms with Crippen LogP contribution in [0, 0.1) is 18.2 Å². The average molecular weight is 267 g/mol. The van der Waals surface area contributed by atoms with Gasteiger partial charge in [0.05, 0.1) is 5.41 Å². The van der Waals surface area contributed by atoms with Gasteiger partial charge in [-0.25, -0.2) is 4.39 Å². The number of aryl methyl sites for hydroxylation is 1. The molecule has 19 heavy (non-hydrogen) atoms. The molecule has 3 nitrogen and oxygen atoms in total. The van der Waals surface area contributed by atoms with Crippen LogP contribution in [-0.2, 0) is 11.3 Å². The molecule has 4 heteroatoms. The average Bonchev–Trinajstić information content (AvgIpc) is 2.38. The van der Waals surface area contributed by atoms with Crippen LogP contribution in [0.15, 0.2) is 18.2 Å². The Balaban J connectivity index is 2.67. The predicted molar refractivity (Wildman–Crippen MR) is 73.5 cm³/mol. The lowest BCUT2D eigenvalue weighted by molar-refractivity contribution is -0.149. The second-order valence-electron chi connectivity index (χ2n) is 4.99. The summed E-state index contributed by atoms with van der Waals surface area (Å²) in [5.74, 6) is -1.05. The number of nitrogens with one attached hydrogen (secondary N) is 1. The van der Waals surface area contributed by atoms with Crippen LogP contribution in [0.4, 0.5) is 4.39 Å². The van der Waals surface area contributed by atoms with Gasteiger partial charge in [-0.1, -0.05) is 31.5 Å². The van der Waals surface area contributed by atoms with Crippen LogP contribution >= 0.6 is 0 Å². The smallest absolute Gasteiger partial charge is 0.310 e. The topological polar surface area (TPSA) is 49.3 Å². The molecule has 0 aliphatic rings. The largest absolute Gasteiger partial charge is 0.481 e. The van der Waals surface area contributed by atoms with E-state index in [4.69, 9.17) is 0 Å². The molecule has 0 spiro atoms. The maximum absolute atomic E-state index is 13.6. The van der Waals surface area contributed by atoms with E-state index in [2.05, 4.69) is 5.32 Å². The molecule has 0 unspecified atom stereocenters. The Morgan fingerprint density at radius 3 is 2.53 bits per heavy atom. The minimum Gasteiger partial charge on any atom is -0.481 e. The van der Waals surface area contributed by atoms with E-state index in [1.807, 2.05) is 20.8 Å². The first-order valence-corrected chi connectivity index (χ1v) is 6.64. The van der Waals surface area contributed by atoms with Crippen LogP contribution in [0.5, 0.6) is 0 Å². The molecule has 0 radical (unpaired) electrons. The fourth-order valence-electron chi connectivity index (χ4n) is 2.15. The number of aliphatic carboxylic acids is 1. The summed E-state index contributed by atoms with van der Waals surface area (Å²) in [4.78, 5) is 11.3. The maximum atomic E-state index is 13.6. The number of carboxylic acids is 1. The van der Waals surface area contributed by atoms with Gasteiger partial charge in [-0.15, -0.1) is 0 Å². The van der Waals surface area contributed by atoms with Crippen molar-refractivity contribution in [1.29, 1.82) is 0 Å². The third-order valence-electron chi connectivity index (χ3n) is 3.79. The van der Waals surface area contributed by atoms with Gasteiger partial charge in [0.1, 0.15) is 5.82 Å². The van der Waals surface area contributed by atoms with E-state index in [9.17, 15) is 14.3 Å². The highest BCUT2D eigenvalue weighted by molar-refractivity contribution is 5.74. The molecule has 1 rings (SSSR count). The molecule has 0 bridgehead atoms. The normalized spacial score (nSPS) is 11.6. The first-order chi connectivity index (χ1) is 8.95. The first-order valence-electron chi connectivity index (χ1n) is 6.64. The van der Waals surface area contributed by atoms with Crippen LogP contribution < -0.4 is 5.32 Å². The van der Waals surface area contributed by atoms with Crippen LogP contribution in [0.25, 0.3) is 0 Å². The summed E-state index contributed by atoms with van der Waals surface area (Å²) in [6.45, 7) is 6.34. The van der Waals surface area contributed by atoms with Gasteiger partial charge in [-0.2, -0.15) is 0 Å². The molecule has 0 aliphatic carbocycles. The molecule has 0 aliphatic heterocycles. The molecule has 0 amide bonds. The highest BCUT2D eigenvalue weighted by atomic mass is 19.1. The van der Waals surface area contributed by atoms with Crippen LogP contribution in [-0.4, -0.2) is 17.6 Å². The van der Waals surface area contributed by atoms with Crippen molar-refractivity contribution in [2.75, 3.05) is 6.54 Å². The zero-order valence-corrected chi connectivity index (χ0v) is 11.8. The lowest BCUT2D eigenvalue weighted by Crippen LogP contribution is -2.40. The Morgan fingerprint density at radius 2 is 2.00 bits per heavy atom. The van der Waals surface area contributed by atoms with Gasteiger partial charge in [0.15, 0.2) is 0 Å². The lowest BCUT2D eigenvalue weighted by atomic mass is 9.82. The fourth-order valence-corrected chi connectivity index (χ4v) is 2.15. The summed E-state index contributed by atoms with van der Waals surface area (Å²) in [6, 6.07) is 4.94. The zero-order chi connectivity index (χ0) is 14.5. The van der Waals surface area contributed by atoms with Gasteiger partial charge in [0, 0.05) is 18.7 Å². The maximum Gasteiger partial charge on any atom is 0.310 e. The third-order valence-corrected chi connectivity index (χ3v) is 3.79. The fraction of sp³-hybridized carbons (Fsp3) is 0.533. The van der Waals surface area contributed by atoms with Crippen molar-refractivity contribution in [3.63, 3.8) is 0 Å². The predicted octanol–water partition coefficient (Wildman–Crippen LogP) is 3.11. The number of halogens is 1. The summed E-state index contributed by atoms with van der Waals surface area (Å²) in [5, 5.41) is 12.4. The Kier molecular flexibility index (Phi) is 5.48. The Morgan fingerprint density at radius 1 is 1.37 bits per heavy atom. The number of rotatable bonds is 7. The Hall–Kier alpha value is -1.42. The van der Waals surface area contributed by atoms with E-state index in [0.717, 1.165) is 5.56 Å². The highest BCUT2D eigenvalue weighted by Crippen LogP contribution is 2.25. The highest BCUT2D eigenvalue weighted by Gasteiger charge is 2.34. The van der Waals surface area contributed by atoms with Crippen molar-refractivity contribution in [1.82, 2.24) is 5.32 Å². The van der Waals surface area contributed by atoms with Crippen LogP contribution in [0.1, 0.15) is 37.8 Å². The molecule has 2 N–H and O–H groups in total. The van der Waals surface area contributed by atoms with Crippen LogP contribution in [0.2, 0.25) is 0 Å². The van der Waals surface area contributed by atoms with E-state index in [1.54, 1.807) is 12.1 Å². The monoisotopic (exact) mass is 267 g/mol. The quantitative estimate of drug-likeness (QED) is 0.798. The molecule has 106 valence electrons. The second kappa shape index (κ2) is 6.66. The van der Waals surface area contributed by atoms with E-state index >= 15 is 0 Å². The van der Waals surface area contributed by atoms with Gasteiger partial charge >= 0.3 is 5.97 Å². The van der Waals surface area contributed by atoms with Gasteiger partial charge in [0.25, 0.3) is 0 Å². The SMILES string of the molecule is CCC(CC)(CNCc1cc(C)ccc1F)C(=O)O. The molecule has 0 atom stereocenters. The van der Waals surface area contributed by atoms with Crippen molar-refractivity contribution >= 4 is 5.97 Å². The minimum atomic E-state index is -0.797. The van der Waals surface area contributed by atoms with E-state index in [1.165, 1.54) is 6.07 Å². The molecule has 0 heterocycles. The molecule has 0 aromatic heterocycles. The van der Waals surface area contributed by atoms with Gasteiger partial charge in [-0.3, -0.25) is 4.79 Å². The molecular weight excluding hydrogens is 245 g/mol. The van der Waals surface area contributed by atoms with Crippen molar-refractivity contribution in [2.24, 2.45) is 5.41 Å². The first kappa shape index (κ1) is 15.6. The third kappa shape index (κ3) is 3.77. The summed E-state index contributed by atoms with van der Waals surface area (Å²) in [7, 11) is 0. The summed E-state index contributed by atoms with van der Waals surface area (Å²) < 4.78 is 13.6. The van der Waals surface area contributed by atoms with Gasteiger partial charge in [0.2, 0.25) is 0 Å². The number of carbonyl (C=O) groups is 1. The van der Waals surface area contributed by atoms with Crippen molar-refractivity contribution in [3.05, 3.63) is 35.1 Å². The molecule has 1 aromatic carbocycles. The second-order valence-corrected chi connectivity index (χ2v) is 4.99. The zero-order valence-electron chi connectivity index (χ0n) is 11.8. The lowest BCUT2D eigenvalue weighted by Gasteiger charge is -2.27. The van der Waals surface area contributed by atoms with E-state index in [-0.39, 0.29) is 5.82 Å². The van der Waals surface area contributed by atoms with E-state index in [0.29, 0.717) is 31.5 Å². The summed E-state index contributed by atoms with van der Waals surface area (Å²) >= 11 is 0. The molecule has 0 saturated carbocycles. The van der Waals surface area contributed by atoms with Gasteiger partial charge < -0.3 is 10.4 Å². The van der Waals surface area contributed by atoms with Crippen molar-refractivity contribution < 1.29 is 14.3 Å². The Bertz CT molecular complexity index is 442. The molecule has 0 saturated heterocycles. The molecule has 1 aromatic rings. The number of hydrogen-bond acceptors (Lipinski definition) is 2. The molecular formula is C15H22FNO2. The number of carboxylic acid groups (broad SMARTS) is 1. The Labute approximate surface area is 113 Å². The molecule has 0 fully saturated rings. The van der Waals surface area contributed by atoms with Crippen molar-refractivity contribution in [3.8, 4) is 0 Å². The standard InChI is InChI=1S/C15H22FNO2/c1-4-15(5-2,14(18)19)10-17-9-12-8-11(3)6-7-13(12)16/h6-8,17H,4-5,9-10H2,1-3H3,(H,18,19). The minimum absolute atomic E-state index is 0.257. The van der Waals surface area contributed by atoms with Crippen LogP contribution in [0.3, 0.4) is 0 Å². The van der Waals surface area contributed by atoms with Crippen molar-refractivity contribution in [2.45, 2.75) is 40.2 Å². The summed E-state index contributed by atoms with van der Waals surface area (Å²) in [5.41, 5.74) is 0.806. The van der Waals surface area contributed by atoms with Gasteiger partial charge in [-0.05, 0) is 25.8 Å².